The molecule has 0 aliphatic heterocycles. The highest BCUT2D eigenvalue weighted by molar-refractivity contribution is 9.10. The summed E-state index contributed by atoms with van der Waals surface area (Å²) in [4.78, 5) is 12.0. The number of ether oxygens (including phenoxy) is 1. The van der Waals surface area contributed by atoms with Gasteiger partial charge in [0.2, 0.25) is 0 Å². The van der Waals surface area contributed by atoms with E-state index in [9.17, 15) is 9.18 Å². The van der Waals surface area contributed by atoms with Crippen molar-refractivity contribution in [3.8, 4) is 5.75 Å². The molecule has 2 rings (SSSR count). The number of nitrogens with one attached hydrogen (secondary N) is 1. The van der Waals surface area contributed by atoms with Crippen LogP contribution in [0.5, 0.6) is 5.75 Å². The molecular weight excluding hydrogens is 313 g/mol. The Balaban J connectivity index is 2.20. The minimum Gasteiger partial charge on any atom is -0.497 e. The Hall–Kier alpha value is -1.88. The van der Waals surface area contributed by atoms with Gasteiger partial charge in [-0.15, -0.1) is 0 Å². The molecule has 0 fully saturated rings. The largest absolute Gasteiger partial charge is 0.497 e. The molecule has 5 heteroatoms. The molecule has 3 nitrogen and oxygen atoms in total. The maximum absolute atomic E-state index is 13.0. The van der Waals surface area contributed by atoms with Crippen molar-refractivity contribution in [2.75, 3.05) is 12.4 Å². The number of carbonyl (C=O) groups excluding carboxylic acids is 1. The van der Waals surface area contributed by atoms with Crippen LogP contribution in [0.4, 0.5) is 10.1 Å². The quantitative estimate of drug-likeness (QED) is 0.931. The number of anilines is 1. The van der Waals surface area contributed by atoms with E-state index in [1.807, 2.05) is 0 Å². The van der Waals surface area contributed by atoms with Crippen LogP contribution >= 0.6 is 15.9 Å². The maximum atomic E-state index is 13.0. The summed E-state index contributed by atoms with van der Waals surface area (Å²) in [6, 6.07) is 10.9. The normalized spacial score (nSPS) is 10.1. The van der Waals surface area contributed by atoms with Gasteiger partial charge in [-0.05, 0) is 46.3 Å². The zero-order valence-electron chi connectivity index (χ0n) is 10.1. The van der Waals surface area contributed by atoms with Gasteiger partial charge in [-0.3, -0.25) is 4.79 Å². The number of halogens is 2. The molecule has 0 aliphatic rings. The molecule has 19 heavy (non-hydrogen) atoms. The minimum absolute atomic E-state index is 0.319. The molecule has 0 unspecified atom stereocenters. The number of benzene rings is 2. The molecule has 0 atom stereocenters. The lowest BCUT2D eigenvalue weighted by atomic mass is 10.2. The molecule has 2 aromatic rings. The van der Waals surface area contributed by atoms with E-state index in [0.717, 1.165) is 0 Å². The van der Waals surface area contributed by atoms with Crippen LogP contribution < -0.4 is 10.1 Å². The average Bonchev–Trinajstić information content (AvgIpc) is 2.38. The van der Waals surface area contributed by atoms with Gasteiger partial charge in [-0.1, -0.05) is 6.07 Å². The predicted octanol–water partition coefficient (Wildman–Crippen LogP) is 3.85. The third kappa shape index (κ3) is 3.32. The van der Waals surface area contributed by atoms with Gasteiger partial charge < -0.3 is 10.1 Å². The van der Waals surface area contributed by atoms with E-state index in [1.165, 1.54) is 18.2 Å². The highest BCUT2D eigenvalue weighted by Crippen LogP contribution is 2.21. The summed E-state index contributed by atoms with van der Waals surface area (Å²) in [5.41, 5.74) is 0.977. The molecule has 0 bridgehead atoms. The second kappa shape index (κ2) is 5.84. The molecule has 0 heterocycles. The fourth-order valence-electron chi connectivity index (χ4n) is 1.57. The summed E-state index contributed by atoms with van der Waals surface area (Å²) >= 11 is 3.16. The summed E-state index contributed by atoms with van der Waals surface area (Å²) in [5.74, 6) is -0.0686. The molecule has 0 radical (unpaired) electrons. The second-order valence-electron chi connectivity index (χ2n) is 3.81. The van der Waals surface area contributed by atoms with Gasteiger partial charge >= 0.3 is 0 Å². The standard InChI is InChI=1S/C14H11BrFNO2/c1-19-11-4-2-3-10(8-11)17-14(18)12-6-5-9(16)7-13(12)15/h2-8H,1H3,(H,17,18). The SMILES string of the molecule is COc1cccc(NC(=O)c2ccc(F)cc2Br)c1. The lowest BCUT2D eigenvalue weighted by Gasteiger charge is -2.08. The summed E-state index contributed by atoms with van der Waals surface area (Å²) in [6.07, 6.45) is 0. The third-order valence-electron chi connectivity index (χ3n) is 2.50. The van der Waals surface area contributed by atoms with Crippen LogP contribution in [0.2, 0.25) is 0 Å². The maximum Gasteiger partial charge on any atom is 0.256 e. The fraction of sp³-hybridized carbons (Fsp3) is 0.0714. The van der Waals surface area contributed by atoms with Crippen LogP contribution in [0, 0.1) is 5.82 Å². The Labute approximate surface area is 118 Å². The van der Waals surface area contributed by atoms with Crippen molar-refractivity contribution in [2.45, 2.75) is 0 Å². The van der Waals surface area contributed by atoms with E-state index >= 15 is 0 Å². The Morgan fingerprint density at radius 1 is 1.26 bits per heavy atom. The molecule has 0 aromatic heterocycles. The van der Waals surface area contributed by atoms with Crippen LogP contribution in [0.15, 0.2) is 46.9 Å². The van der Waals surface area contributed by atoms with Crippen molar-refractivity contribution in [1.82, 2.24) is 0 Å². The van der Waals surface area contributed by atoms with E-state index in [-0.39, 0.29) is 5.91 Å². The third-order valence-corrected chi connectivity index (χ3v) is 3.16. The molecule has 2 aromatic carbocycles. The lowest BCUT2D eigenvalue weighted by Crippen LogP contribution is -2.12. The smallest absolute Gasteiger partial charge is 0.256 e. The summed E-state index contributed by atoms with van der Waals surface area (Å²) in [7, 11) is 1.55. The van der Waals surface area contributed by atoms with Crippen molar-refractivity contribution < 1.29 is 13.9 Å². The van der Waals surface area contributed by atoms with Gasteiger partial charge in [-0.25, -0.2) is 4.39 Å². The van der Waals surface area contributed by atoms with Crippen LogP contribution in [0.25, 0.3) is 0 Å². The van der Waals surface area contributed by atoms with Gasteiger partial charge in [0, 0.05) is 16.2 Å². The molecule has 1 N–H and O–H groups in total. The highest BCUT2D eigenvalue weighted by atomic mass is 79.9. The first kappa shape index (κ1) is 13.5. The molecule has 0 spiro atoms. The molecule has 0 saturated heterocycles. The van der Waals surface area contributed by atoms with E-state index < -0.39 is 5.82 Å². The van der Waals surface area contributed by atoms with Gasteiger partial charge in [0.15, 0.2) is 0 Å². The number of methoxy groups -OCH3 is 1. The highest BCUT2D eigenvalue weighted by Gasteiger charge is 2.11. The monoisotopic (exact) mass is 323 g/mol. The van der Waals surface area contributed by atoms with Crippen LogP contribution in [0.3, 0.4) is 0 Å². The predicted molar refractivity (Wildman–Crippen MR) is 75.0 cm³/mol. The Bertz CT molecular complexity index is 616. The zero-order valence-corrected chi connectivity index (χ0v) is 11.7. The number of carbonyl (C=O) groups is 1. The van der Waals surface area contributed by atoms with Gasteiger partial charge in [0.05, 0.1) is 12.7 Å². The van der Waals surface area contributed by atoms with Gasteiger partial charge in [-0.2, -0.15) is 0 Å². The van der Waals surface area contributed by atoms with E-state index in [1.54, 1.807) is 31.4 Å². The molecule has 98 valence electrons. The summed E-state index contributed by atoms with van der Waals surface area (Å²) in [6.45, 7) is 0. The van der Waals surface area contributed by atoms with Crippen LogP contribution in [-0.4, -0.2) is 13.0 Å². The fourth-order valence-corrected chi connectivity index (χ4v) is 2.10. The number of rotatable bonds is 3. The van der Waals surface area contributed by atoms with Crippen molar-refractivity contribution >= 4 is 27.5 Å². The van der Waals surface area contributed by atoms with Crippen LogP contribution in [0.1, 0.15) is 10.4 Å². The first-order valence-electron chi connectivity index (χ1n) is 5.50. The summed E-state index contributed by atoms with van der Waals surface area (Å²) in [5, 5.41) is 2.72. The van der Waals surface area contributed by atoms with E-state index in [2.05, 4.69) is 21.2 Å². The Morgan fingerprint density at radius 3 is 2.74 bits per heavy atom. The van der Waals surface area contributed by atoms with Gasteiger partial charge in [0.25, 0.3) is 5.91 Å². The molecule has 1 amide bonds. The lowest BCUT2D eigenvalue weighted by molar-refractivity contribution is 0.102. The zero-order chi connectivity index (χ0) is 13.8. The first-order chi connectivity index (χ1) is 9.10. The van der Waals surface area contributed by atoms with Crippen molar-refractivity contribution in [1.29, 1.82) is 0 Å². The topological polar surface area (TPSA) is 38.3 Å². The number of hydrogen-bond acceptors (Lipinski definition) is 2. The molecule has 0 saturated carbocycles. The van der Waals surface area contributed by atoms with Gasteiger partial charge in [0.1, 0.15) is 11.6 Å². The number of hydrogen-bond donors (Lipinski definition) is 1. The Kier molecular flexibility index (Phi) is 4.16. The van der Waals surface area contributed by atoms with E-state index in [4.69, 9.17) is 4.74 Å². The summed E-state index contributed by atoms with van der Waals surface area (Å²) < 4.78 is 18.4. The van der Waals surface area contributed by atoms with E-state index in [0.29, 0.717) is 21.5 Å². The molecule has 0 aliphatic carbocycles. The second-order valence-corrected chi connectivity index (χ2v) is 4.66. The van der Waals surface area contributed by atoms with Crippen LogP contribution in [-0.2, 0) is 0 Å². The molecular formula is C14H11BrFNO2. The van der Waals surface area contributed by atoms with Crippen molar-refractivity contribution in [2.24, 2.45) is 0 Å². The van der Waals surface area contributed by atoms with Crippen molar-refractivity contribution in [3.63, 3.8) is 0 Å². The number of amides is 1. The Morgan fingerprint density at radius 2 is 2.05 bits per heavy atom. The first-order valence-corrected chi connectivity index (χ1v) is 6.30. The average molecular weight is 324 g/mol. The minimum atomic E-state index is -0.398. The van der Waals surface area contributed by atoms with Crippen molar-refractivity contribution in [3.05, 3.63) is 58.3 Å².